The molecular weight excluding hydrogens is 320 g/mol. The van der Waals surface area contributed by atoms with Crippen molar-refractivity contribution < 1.29 is 9.59 Å². The molecule has 2 aliphatic rings. The number of benzene rings is 1. The Labute approximate surface area is 126 Å². The van der Waals surface area contributed by atoms with Crippen molar-refractivity contribution in [3.63, 3.8) is 0 Å². The number of hydrogen-bond acceptors (Lipinski definition) is 2. The summed E-state index contributed by atoms with van der Waals surface area (Å²) >= 11 is 3.37. The van der Waals surface area contributed by atoms with Gasteiger partial charge in [-0.15, -0.1) is 0 Å². The van der Waals surface area contributed by atoms with Crippen molar-refractivity contribution >= 4 is 27.7 Å². The highest BCUT2D eigenvalue weighted by Gasteiger charge is 2.36. The van der Waals surface area contributed by atoms with Gasteiger partial charge in [-0.1, -0.05) is 22.0 Å². The molecule has 1 saturated heterocycles. The Kier molecular flexibility index (Phi) is 3.78. The lowest BCUT2D eigenvalue weighted by atomic mass is 10.1. The van der Waals surface area contributed by atoms with E-state index in [0.29, 0.717) is 18.2 Å². The highest BCUT2D eigenvalue weighted by Crippen LogP contribution is 2.24. The first-order chi connectivity index (χ1) is 9.65. The van der Waals surface area contributed by atoms with Crippen molar-refractivity contribution in [1.82, 2.24) is 10.2 Å². The zero-order valence-electron chi connectivity index (χ0n) is 11.1. The van der Waals surface area contributed by atoms with E-state index in [2.05, 4.69) is 21.2 Å². The van der Waals surface area contributed by atoms with Crippen molar-refractivity contribution in [2.45, 2.75) is 37.8 Å². The van der Waals surface area contributed by atoms with Crippen LogP contribution in [0.3, 0.4) is 0 Å². The van der Waals surface area contributed by atoms with Crippen LogP contribution >= 0.6 is 15.9 Å². The molecular formula is C15H17BrN2O2. The number of carbonyl (C=O) groups excluding carboxylic acids is 2. The molecule has 0 aromatic heterocycles. The molecule has 0 radical (unpaired) electrons. The van der Waals surface area contributed by atoms with E-state index in [1.807, 2.05) is 12.1 Å². The lowest BCUT2D eigenvalue weighted by Crippen LogP contribution is -2.46. The Hall–Kier alpha value is -1.36. The molecule has 1 unspecified atom stereocenters. The normalized spacial score (nSPS) is 21.9. The Morgan fingerprint density at radius 3 is 2.75 bits per heavy atom. The zero-order valence-corrected chi connectivity index (χ0v) is 12.7. The number of rotatable bonds is 3. The van der Waals surface area contributed by atoms with E-state index < -0.39 is 0 Å². The molecule has 5 heteroatoms. The number of likely N-dealkylation sites (tertiary alicyclic amines) is 1. The van der Waals surface area contributed by atoms with Gasteiger partial charge in [-0.05, 0) is 43.9 Å². The lowest BCUT2D eigenvalue weighted by molar-refractivity contribution is -0.125. The fourth-order valence-corrected chi connectivity index (χ4v) is 2.99. The Morgan fingerprint density at radius 1 is 1.25 bits per heavy atom. The SMILES string of the molecule is O=C(NC1CC1)C1CCCN1C(=O)c1cccc(Br)c1. The molecule has 1 aliphatic carbocycles. The molecule has 3 rings (SSSR count). The summed E-state index contributed by atoms with van der Waals surface area (Å²) in [6, 6.07) is 7.36. The van der Waals surface area contributed by atoms with Crippen LogP contribution in [0.4, 0.5) is 0 Å². The van der Waals surface area contributed by atoms with Gasteiger partial charge in [0.2, 0.25) is 5.91 Å². The van der Waals surface area contributed by atoms with Gasteiger partial charge in [0.1, 0.15) is 6.04 Å². The van der Waals surface area contributed by atoms with Crippen LogP contribution in [-0.4, -0.2) is 35.3 Å². The molecule has 1 atom stereocenters. The van der Waals surface area contributed by atoms with Crippen LogP contribution in [-0.2, 0) is 4.79 Å². The molecule has 2 fully saturated rings. The maximum absolute atomic E-state index is 12.5. The van der Waals surface area contributed by atoms with Crippen LogP contribution in [0, 0.1) is 0 Å². The largest absolute Gasteiger partial charge is 0.352 e. The predicted molar refractivity (Wildman–Crippen MR) is 79.4 cm³/mol. The van der Waals surface area contributed by atoms with Gasteiger partial charge in [0.05, 0.1) is 0 Å². The first kappa shape index (κ1) is 13.6. The molecule has 1 saturated carbocycles. The van der Waals surface area contributed by atoms with Crippen LogP contribution < -0.4 is 5.32 Å². The lowest BCUT2D eigenvalue weighted by Gasteiger charge is -2.24. The number of nitrogens with zero attached hydrogens (tertiary/aromatic N) is 1. The second kappa shape index (κ2) is 5.56. The number of carbonyl (C=O) groups is 2. The molecule has 1 aliphatic heterocycles. The van der Waals surface area contributed by atoms with Gasteiger partial charge in [-0.2, -0.15) is 0 Å². The standard InChI is InChI=1S/C15H17BrN2O2/c16-11-4-1-3-10(9-11)15(20)18-8-2-5-13(18)14(19)17-12-6-7-12/h1,3-4,9,12-13H,2,5-8H2,(H,17,19). The Bertz CT molecular complexity index is 542. The summed E-state index contributed by atoms with van der Waals surface area (Å²) in [5, 5.41) is 3.00. The molecule has 0 bridgehead atoms. The second-order valence-corrected chi connectivity index (χ2v) is 6.37. The summed E-state index contributed by atoms with van der Waals surface area (Å²) < 4.78 is 0.876. The first-order valence-corrected chi connectivity index (χ1v) is 7.81. The smallest absolute Gasteiger partial charge is 0.254 e. The van der Waals surface area contributed by atoms with Crippen LogP contribution in [0.15, 0.2) is 28.7 Å². The van der Waals surface area contributed by atoms with Gasteiger partial charge in [0.15, 0.2) is 0 Å². The fourth-order valence-electron chi connectivity index (χ4n) is 2.59. The van der Waals surface area contributed by atoms with Gasteiger partial charge in [0.25, 0.3) is 5.91 Å². The van der Waals surface area contributed by atoms with Crippen molar-refractivity contribution in [2.24, 2.45) is 0 Å². The minimum Gasteiger partial charge on any atom is -0.352 e. The zero-order chi connectivity index (χ0) is 14.1. The molecule has 20 heavy (non-hydrogen) atoms. The monoisotopic (exact) mass is 336 g/mol. The van der Waals surface area contributed by atoms with Crippen molar-refractivity contribution in [3.8, 4) is 0 Å². The third kappa shape index (κ3) is 2.87. The van der Waals surface area contributed by atoms with Crippen LogP contribution in [0.5, 0.6) is 0 Å². The number of hydrogen-bond donors (Lipinski definition) is 1. The summed E-state index contributed by atoms with van der Waals surface area (Å²) in [6.07, 6.45) is 3.79. The maximum Gasteiger partial charge on any atom is 0.254 e. The number of amides is 2. The Balaban J connectivity index is 1.73. The van der Waals surface area contributed by atoms with Crippen molar-refractivity contribution in [2.75, 3.05) is 6.54 Å². The molecule has 0 spiro atoms. The van der Waals surface area contributed by atoms with Gasteiger partial charge >= 0.3 is 0 Å². The van der Waals surface area contributed by atoms with E-state index in [0.717, 1.165) is 30.2 Å². The predicted octanol–water partition coefficient (Wildman–Crippen LogP) is 2.33. The van der Waals surface area contributed by atoms with Crippen LogP contribution in [0.25, 0.3) is 0 Å². The second-order valence-electron chi connectivity index (χ2n) is 5.45. The molecule has 1 N–H and O–H groups in total. The molecule has 106 valence electrons. The van der Waals surface area contributed by atoms with Gasteiger partial charge in [0, 0.05) is 22.6 Å². The maximum atomic E-state index is 12.5. The molecule has 1 heterocycles. The average Bonchev–Trinajstić information content (AvgIpc) is 3.10. The van der Waals surface area contributed by atoms with E-state index in [1.165, 1.54) is 0 Å². The van der Waals surface area contributed by atoms with E-state index in [1.54, 1.807) is 17.0 Å². The fraction of sp³-hybridized carbons (Fsp3) is 0.467. The Morgan fingerprint density at radius 2 is 2.05 bits per heavy atom. The van der Waals surface area contributed by atoms with E-state index in [4.69, 9.17) is 0 Å². The van der Waals surface area contributed by atoms with E-state index >= 15 is 0 Å². The molecule has 1 aromatic rings. The van der Waals surface area contributed by atoms with E-state index in [-0.39, 0.29) is 17.9 Å². The number of halogens is 1. The summed E-state index contributed by atoms with van der Waals surface area (Å²) in [5.74, 6) is -0.0481. The average molecular weight is 337 g/mol. The van der Waals surface area contributed by atoms with Crippen molar-refractivity contribution in [1.29, 1.82) is 0 Å². The molecule has 1 aromatic carbocycles. The molecule has 2 amide bonds. The minimum atomic E-state index is -0.304. The van der Waals surface area contributed by atoms with Gasteiger partial charge in [-0.3, -0.25) is 9.59 Å². The van der Waals surface area contributed by atoms with Gasteiger partial charge in [-0.25, -0.2) is 0 Å². The van der Waals surface area contributed by atoms with Crippen LogP contribution in [0.2, 0.25) is 0 Å². The summed E-state index contributed by atoms with van der Waals surface area (Å²) in [6.45, 7) is 0.661. The third-order valence-electron chi connectivity index (χ3n) is 3.81. The number of nitrogens with one attached hydrogen (secondary N) is 1. The van der Waals surface area contributed by atoms with Gasteiger partial charge < -0.3 is 10.2 Å². The highest BCUT2D eigenvalue weighted by atomic mass is 79.9. The summed E-state index contributed by atoms with van der Waals surface area (Å²) in [7, 11) is 0. The topological polar surface area (TPSA) is 49.4 Å². The highest BCUT2D eigenvalue weighted by molar-refractivity contribution is 9.10. The third-order valence-corrected chi connectivity index (χ3v) is 4.30. The van der Waals surface area contributed by atoms with Crippen molar-refractivity contribution in [3.05, 3.63) is 34.3 Å². The summed E-state index contributed by atoms with van der Waals surface area (Å²) in [5.41, 5.74) is 0.630. The quantitative estimate of drug-likeness (QED) is 0.920. The molecule has 4 nitrogen and oxygen atoms in total. The minimum absolute atomic E-state index is 0.00773. The van der Waals surface area contributed by atoms with E-state index in [9.17, 15) is 9.59 Å². The summed E-state index contributed by atoms with van der Waals surface area (Å²) in [4.78, 5) is 26.4. The van der Waals surface area contributed by atoms with Crippen LogP contribution in [0.1, 0.15) is 36.0 Å². The first-order valence-electron chi connectivity index (χ1n) is 7.02.